The van der Waals surface area contributed by atoms with E-state index in [1.807, 2.05) is 0 Å². The number of nitrogens with two attached hydrogens (primary N) is 1. The molecule has 3 N–H and O–H groups in total. The zero-order chi connectivity index (χ0) is 12.3. The molecule has 0 aliphatic rings. The van der Waals surface area contributed by atoms with Crippen LogP contribution in [0.15, 0.2) is 6.20 Å². The standard InChI is InChI=1S/C9H9BrF2N2O2/c10-2-4-3-14-9(13)5(1-6(15)16)7(4)8(11)12/h3,8H,1-2H2,(H2,13,14)(H,15,16). The normalized spacial score (nSPS) is 10.8. The number of rotatable bonds is 4. The molecule has 0 aliphatic heterocycles. The lowest BCUT2D eigenvalue weighted by Crippen LogP contribution is -2.11. The number of anilines is 1. The zero-order valence-electron chi connectivity index (χ0n) is 8.08. The highest BCUT2D eigenvalue weighted by Crippen LogP contribution is 2.30. The summed E-state index contributed by atoms with van der Waals surface area (Å²) in [6.07, 6.45) is -2.11. The van der Waals surface area contributed by atoms with Gasteiger partial charge in [0, 0.05) is 22.7 Å². The molecule has 0 aliphatic carbocycles. The van der Waals surface area contributed by atoms with E-state index >= 15 is 0 Å². The molecule has 1 heterocycles. The Hall–Kier alpha value is -1.24. The molecular weight excluding hydrogens is 286 g/mol. The lowest BCUT2D eigenvalue weighted by Gasteiger charge is -2.13. The van der Waals surface area contributed by atoms with Gasteiger partial charge in [-0.2, -0.15) is 0 Å². The number of hydrogen-bond acceptors (Lipinski definition) is 3. The van der Waals surface area contributed by atoms with Crippen molar-refractivity contribution in [1.29, 1.82) is 0 Å². The van der Waals surface area contributed by atoms with Crippen molar-refractivity contribution >= 4 is 27.7 Å². The van der Waals surface area contributed by atoms with Crippen LogP contribution in [0.2, 0.25) is 0 Å². The molecule has 1 rings (SSSR count). The highest BCUT2D eigenvalue weighted by molar-refractivity contribution is 9.08. The number of alkyl halides is 3. The van der Waals surface area contributed by atoms with Crippen LogP contribution >= 0.6 is 15.9 Å². The molecule has 0 unspecified atom stereocenters. The van der Waals surface area contributed by atoms with Crippen LogP contribution in [0, 0.1) is 0 Å². The smallest absolute Gasteiger partial charge is 0.307 e. The van der Waals surface area contributed by atoms with Crippen molar-refractivity contribution in [3.8, 4) is 0 Å². The van der Waals surface area contributed by atoms with Gasteiger partial charge in [-0.15, -0.1) is 0 Å². The minimum Gasteiger partial charge on any atom is -0.481 e. The minimum atomic E-state index is -2.77. The van der Waals surface area contributed by atoms with Gasteiger partial charge in [-0.1, -0.05) is 15.9 Å². The van der Waals surface area contributed by atoms with Crippen LogP contribution in [0.4, 0.5) is 14.6 Å². The fourth-order valence-corrected chi connectivity index (χ4v) is 1.79. The summed E-state index contributed by atoms with van der Waals surface area (Å²) in [4.78, 5) is 14.3. The summed E-state index contributed by atoms with van der Waals surface area (Å²) < 4.78 is 25.6. The number of carboxylic acids is 1. The molecule has 4 nitrogen and oxygen atoms in total. The number of halogens is 3. The molecule has 0 fully saturated rings. The first-order chi connectivity index (χ1) is 7.47. The van der Waals surface area contributed by atoms with Crippen molar-refractivity contribution in [3.63, 3.8) is 0 Å². The number of aromatic nitrogens is 1. The quantitative estimate of drug-likeness (QED) is 0.834. The van der Waals surface area contributed by atoms with Crippen LogP contribution in [0.5, 0.6) is 0 Å². The molecule has 0 atom stereocenters. The summed E-state index contributed by atoms with van der Waals surface area (Å²) in [5.41, 5.74) is 5.21. The molecule has 0 aromatic carbocycles. The molecule has 0 saturated carbocycles. The Bertz CT molecular complexity index is 413. The SMILES string of the molecule is Nc1ncc(CBr)c(C(F)F)c1CC(=O)O. The van der Waals surface area contributed by atoms with E-state index in [0.29, 0.717) is 0 Å². The third-order valence-corrected chi connectivity index (χ3v) is 2.63. The van der Waals surface area contributed by atoms with E-state index in [1.54, 1.807) is 0 Å². The van der Waals surface area contributed by atoms with Gasteiger partial charge in [0.25, 0.3) is 6.43 Å². The minimum absolute atomic E-state index is 0.112. The average molecular weight is 295 g/mol. The van der Waals surface area contributed by atoms with E-state index in [9.17, 15) is 13.6 Å². The Morgan fingerprint density at radius 2 is 2.25 bits per heavy atom. The van der Waals surface area contributed by atoms with E-state index in [1.165, 1.54) is 6.20 Å². The Balaban J connectivity index is 3.35. The molecule has 0 saturated heterocycles. The zero-order valence-corrected chi connectivity index (χ0v) is 9.67. The number of pyridine rings is 1. The molecule has 0 spiro atoms. The molecule has 1 aromatic heterocycles. The number of carbonyl (C=O) groups is 1. The van der Waals surface area contributed by atoms with Crippen LogP contribution in [0.3, 0.4) is 0 Å². The Morgan fingerprint density at radius 1 is 1.62 bits per heavy atom. The van der Waals surface area contributed by atoms with E-state index < -0.39 is 18.8 Å². The summed E-state index contributed by atoms with van der Waals surface area (Å²) in [6, 6.07) is 0. The third kappa shape index (κ3) is 2.66. The first kappa shape index (κ1) is 12.8. The molecule has 0 bridgehead atoms. The first-order valence-corrected chi connectivity index (χ1v) is 5.41. The third-order valence-electron chi connectivity index (χ3n) is 2.03. The summed E-state index contributed by atoms with van der Waals surface area (Å²) in [6.45, 7) is 0. The van der Waals surface area contributed by atoms with E-state index in [0.717, 1.165) is 0 Å². The van der Waals surface area contributed by atoms with Gasteiger partial charge in [0.1, 0.15) is 5.82 Å². The Labute approximate surface area is 98.6 Å². The maximum Gasteiger partial charge on any atom is 0.307 e. The number of aliphatic carboxylic acids is 1. The summed E-state index contributed by atoms with van der Waals surface area (Å²) in [5.74, 6) is -1.38. The summed E-state index contributed by atoms with van der Waals surface area (Å²) in [7, 11) is 0. The Morgan fingerprint density at radius 3 is 2.69 bits per heavy atom. The van der Waals surface area contributed by atoms with Crippen LogP contribution < -0.4 is 5.73 Å². The molecular formula is C9H9BrF2N2O2. The van der Waals surface area contributed by atoms with Crippen molar-refractivity contribution in [3.05, 3.63) is 22.9 Å². The maximum absolute atomic E-state index is 12.8. The molecule has 16 heavy (non-hydrogen) atoms. The van der Waals surface area contributed by atoms with Gasteiger partial charge in [0.2, 0.25) is 0 Å². The summed E-state index contributed by atoms with van der Waals surface area (Å²) >= 11 is 3.04. The number of nitrogens with zero attached hydrogens (tertiary/aromatic N) is 1. The first-order valence-electron chi connectivity index (χ1n) is 4.29. The van der Waals surface area contributed by atoms with Crippen LogP contribution in [0.25, 0.3) is 0 Å². The van der Waals surface area contributed by atoms with Gasteiger partial charge >= 0.3 is 5.97 Å². The van der Waals surface area contributed by atoms with Crippen molar-refractivity contribution < 1.29 is 18.7 Å². The van der Waals surface area contributed by atoms with Gasteiger partial charge < -0.3 is 10.8 Å². The second-order valence-corrected chi connectivity index (χ2v) is 3.63. The largest absolute Gasteiger partial charge is 0.481 e. The van der Waals surface area contributed by atoms with Gasteiger partial charge in [-0.05, 0) is 5.56 Å². The van der Waals surface area contributed by atoms with Gasteiger partial charge in [-0.3, -0.25) is 4.79 Å². The fourth-order valence-electron chi connectivity index (χ4n) is 1.34. The van der Waals surface area contributed by atoms with Crippen molar-refractivity contribution in [1.82, 2.24) is 4.98 Å². The topological polar surface area (TPSA) is 76.2 Å². The number of hydrogen-bond donors (Lipinski definition) is 2. The highest BCUT2D eigenvalue weighted by atomic mass is 79.9. The van der Waals surface area contributed by atoms with E-state index in [2.05, 4.69) is 20.9 Å². The van der Waals surface area contributed by atoms with Crippen LogP contribution in [-0.2, 0) is 16.5 Å². The van der Waals surface area contributed by atoms with Crippen molar-refractivity contribution in [2.75, 3.05) is 5.73 Å². The Kier molecular flexibility index (Phi) is 4.17. The number of carboxylic acid groups (broad SMARTS) is 1. The monoisotopic (exact) mass is 294 g/mol. The van der Waals surface area contributed by atoms with E-state index in [4.69, 9.17) is 10.8 Å². The lowest BCUT2D eigenvalue weighted by atomic mass is 10.0. The van der Waals surface area contributed by atoms with Gasteiger partial charge in [0.05, 0.1) is 6.42 Å². The molecule has 0 amide bonds. The predicted octanol–water partition coefficient (Wildman–Crippen LogP) is 2.12. The summed E-state index contributed by atoms with van der Waals surface area (Å²) in [5, 5.41) is 8.79. The maximum atomic E-state index is 12.8. The van der Waals surface area contributed by atoms with E-state index in [-0.39, 0.29) is 27.8 Å². The molecule has 88 valence electrons. The predicted molar refractivity (Wildman–Crippen MR) is 57.6 cm³/mol. The number of nitrogen functional groups attached to an aromatic ring is 1. The van der Waals surface area contributed by atoms with Crippen LogP contribution in [0.1, 0.15) is 23.1 Å². The van der Waals surface area contributed by atoms with Gasteiger partial charge in [0.15, 0.2) is 0 Å². The highest BCUT2D eigenvalue weighted by Gasteiger charge is 2.22. The van der Waals surface area contributed by atoms with Crippen molar-refractivity contribution in [2.45, 2.75) is 18.2 Å². The van der Waals surface area contributed by atoms with Crippen molar-refractivity contribution in [2.24, 2.45) is 0 Å². The second-order valence-electron chi connectivity index (χ2n) is 3.07. The fraction of sp³-hybridized carbons (Fsp3) is 0.333. The average Bonchev–Trinajstić information content (AvgIpc) is 2.19. The lowest BCUT2D eigenvalue weighted by molar-refractivity contribution is -0.136. The van der Waals surface area contributed by atoms with Gasteiger partial charge in [-0.25, -0.2) is 13.8 Å². The molecule has 1 aromatic rings. The molecule has 7 heteroatoms. The second kappa shape index (κ2) is 5.20. The molecule has 0 radical (unpaired) electrons. The van der Waals surface area contributed by atoms with Crippen LogP contribution in [-0.4, -0.2) is 16.1 Å².